The molecule has 0 bridgehead atoms. The summed E-state index contributed by atoms with van der Waals surface area (Å²) in [6, 6.07) is 3.94. The minimum atomic E-state index is -3.59. The van der Waals surface area contributed by atoms with Gasteiger partial charge in [-0.25, -0.2) is 0 Å². The Hall–Kier alpha value is -1.68. The van der Waals surface area contributed by atoms with E-state index >= 15 is 0 Å². The number of rotatable bonds is 9. The number of phenolic OH excluding ortho intramolecular Hbond substituents is 1. The largest absolute Gasteiger partial charge is 0.507 e. The first-order valence-corrected chi connectivity index (χ1v) is 12.7. The van der Waals surface area contributed by atoms with Gasteiger partial charge in [-0.2, -0.15) is 0 Å². The summed E-state index contributed by atoms with van der Waals surface area (Å²) in [5.74, 6) is 0.000992. The van der Waals surface area contributed by atoms with E-state index in [1.165, 1.54) is 6.08 Å². The second kappa shape index (κ2) is 10.5. The Kier molecular flexibility index (Phi) is 9.30. The van der Waals surface area contributed by atoms with Gasteiger partial charge in [0.15, 0.2) is 5.78 Å². The topological polar surface area (TPSA) is 72.8 Å². The molecule has 0 amide bonds. The smallest absolute Gasteiger partial charge is 0.343 e. The van der Waals surface area contributed by atoms with Crippen molar-refractivity contribution in [2.24, 2.45) is 0 Å². The molecule has 0 aromatic heterocycles. The normalized spacial score (nSPS) is 13.9. The lowest BCUT2D eigenvalue weighted by Gasteiger charge is -2.30. The van der Waals surface area contributed by atoms with E-state index in [0.717, 1.165) is 16.7 Å². The molecule has 0 atom stereocenters. The lowest BCUT2D eigenvalue weighted by molar-refractivity contribution is -0.116. The fraction of sp³-hybridized carbons (Fsp3) is 0.577. The van der Waals surface area contributed by atoms with E-state index in [-0.39, 0.29) is 29.8 Å². The second-order valence-corrected chi connectivity index (χ2v) is 13.1. The van der Waals surface area contributed by atoms with Crippen molar-refractivity contribution < 1.29 is 23.5 Å². The number of allylic oxidation sites excluding steroid dienone is 3. The molecule has 0 aliphatic rings. The van der Waals surface area contributed by atoms with Gasteiger partial charge in [-0.05, 0) is 62.3 Å². The molecule has 1 rings (SSSR count). The Morgan fingerprint density at radius 2 is 1.34 bits per heavy atom. The molecule has 0 fully saturated rings. The highest BCUT2D eigenvalue weighted by Gasteiger charge is 2.47. The van der Waals surface area contributed by atoms with Crippen LogP contribution in [0.25, 0.3) is 6.08 Å². The van der Waals surface area contributed by atoms with Crippen molar-refractivity contribution in [1.82, 2.24) is 0 Å². The average molecular weight is 465 g/mol. The molecule has 0 radical (unpaired) electrons. The van der Waals surface area contributed by atoms with E-state index in [1.807, 2.05) is 18.2 Å². The zero-order valence-corrected chi connectivity index (χ0v) is 22.3. The summed E-state index contributed by atoms with van der Waals surface area (Å²) in [7, 11) is -3.59. The first kappa shape index (κ1) is 28.4. The second-order valence-electron chi connectivity index (χ2n) is 10.4. The van der Waals surface area contributed by atoms with E-state index < -0.39 is 12.8 Å². The van der Waals surface area contributed by atoms with Crippen LogP contribution in [-0.2, 0) is 29.2 Å². The van der Waals surface area contributed by atoms with Crippen LogP contribution in [0.4, 0.5) is 0 Å². The maximum atomic E-state index is 13.1. The molecule has 0 saturated heterocycles. The molecular formula is C26H41O5P. The summed E-state index contributed by atoms with van der Waals surface area (Å²) < 4.78 is 23.8. The molecule has 6 heteroatoms. The zero-order valence-electron chi connectivity index (χ0n) is 21.4. The van der Waals surface area contributed by atoms with Crippen molar-refractivity contribution in [3.05, 3.63) is 47.1 Å². The number of hydrogen-bond acceptors (Lipinski definition) is 5. The van der Waals surface area contributed by atoms with Crippen LogP contribution in [0.1, 0.15) is 85.9 Å². The van der Waals surface area contributed by atoms with Gasteiger partial charge >= 0.3 is 7.60 Å². The number of hydrogen-bond donors (Lipinski definition) is 1. The van der Waals surface area contributed by atoms with Crippen molar-refractivity contribution in [1.29, 1.82) is 0 Å². The van der Waals surface area contributed by atoms with E-state index in [2.05, 4.69) is 41.5 Å². The molecule has 32 heavy (non-hydrogen) atoms. The third-order valence-corrected chi connectivity index (χ3v) is 8.07. The zero-order chi connectivity index (χ0) is 25.0. The molecule has 180 valence electrons. The molecule has 0 spiro atoms. The van der Waals surface area contributed by atoms with Gasteiger partial charge in [0.2, 0.25) is 0 Å². The Morgan fingerprint density at radius 3 is 1.72 bits per heavy atom. The first-order valence-electron chi connectivity index (χ1n) is 11.2. The summed E-state index contributed by atoms with van der Waals surface area (Å²) in [5.41, 5.74) is 2.25. The Bertz CT molecular complexity index is 866. The molecule has 5 nitrogen and oxygen atoms in total. The molecule has 1 aromatic rings. The quantitative estimate of drug-likeness (QED) is 0.238. The van der Waals surface area contributed by atoms with Crippen LogP contribution >= 0.6 is 7.60 Å². The fourth-order valence-electron chi connectivity index (χ4n) is 3.24. The van der Waals surface area contributed by atoms with Crippen molar-refractivity contribution >= 4 is 19.5 Å². The Labute approximate surface area is 194 Å². The number of ketones is 1. The highest BCUT2D eigenvalue weighted by atomic mass is 31.2. The molecule has 0 aliphatic carbocycles. The third kappa shape index (κ3) is 6.66. The van der Waals surface area contributed by atoms with Gasteiger partial charge in [-0.15, -0.1) is 0 Å². The third-order valence-electron chi connectivity index (χ3n) is 5.28. The van der Waals surface area contributed by atoms with Gasteiger partial charge in [0.05, 0.1) is 13.2 Å². The number of carbonyl (C=O) groups excluding carboxylic acids is 1. The van der Waals surface area contributed by atoms with Crippen LogP contribution in [0.3, 0.4) is 0 Å². The van der Waals surface area contributed by atoms with E-state index in [9.17, 15) is 14.5 Å². The molecule has 0 aliphatic heterocycles. The van der Waals surface area contributed by atoms with E-state index in [4.69, 9.17) is 9.05 Å². The van der Waals surface area contributed by atoms with Crippen molar-refractivity contribution in [2.45, 2.75) is 85.2 Å². The minimum absolute atomic E-state index is 0.199. The van der Waals surface area contributed by atoms with Crippen LogP contribution in [0.5, 0.6) is 5.75 Å². The van der Waals surface area contributed by atoms with Gasteiger partial charge in [0.1, 0.15) is 10.9 Å². The maximum Gasteiger partial charge on any atom is 0.343 e. The van der Waals surface area contributed by atoms with Crippen LogP contribution < -0.4 is 0 Å². The number of aromatic hydroxyl groups is 1. The summed E-state index contributed by atoms with van der Waals surface area (Å²) in [6.45, 7) is 19.4. The fourth-order valence-corrected chi connectivity index (χ4v) is 4.99. The van der Waals surface area contributed by atoms with Crippen LogP contribution in [0.2, 0.25) is 0 Å². The van der Waals surface area contributed by atoms with Crippen molar-refractivity contribution in [3.63, 3.8) is 0 Å². The van der Waals surface area contributed by atoms with Gasteiger partial charge in [0.25, 0.3) is 0 Å². The standard InChI is InChI=1S/C26H41O5P/c1-11-30-32(29,31-12-2)26(9,10)22(27)16-14-13-15-19-17-20(24(3,4)5)23(28)21(18-19)25(6,7)8/h13-18,28H,11-12H2,1-10H3. The number of benzene rings is 1. The van der Waals surface area contributed by atoms with Gasteiger partial charge in [-0.1, -0.05) is 59.8 Å². The maximum absolute atomic E-state index is 13.1. The predicted molar refractivity (Wildman–Crippen MR) is 134 cm³/mol. The van der Waals surface area contributed by atoms with Crippen LogP contribution in [-0.4, -0.2) is 29.3 Å². The lowest BCUT2D eigenvalue weighted by atomic mass is 9.78. The van der Waals surface area contributed by atoms with Crippen molar-refractivity contribution in [3.8, 4) is 5.75 Å². The highest BCUT2D eigenvalue weighted by Crippen LogP contribution is 2.60. The van der Waals surface area contributed by atoms with Gasteiger partial charge in [-0.3, -0.25) is 9.36 Å². The van der Waals surface area contributed by atoms with Gasteiger partial charge < -0.3 is 14.2 Å². The predicted octanol–water partition coefficient (Wildman–Crippen LogP) is 7.17. The molecule has 0 saturated carbocycles. The molecule has 1 aromatic carbocycles. The Balaban J connectivity index is 3.24. The van der Waals surface area contributed by atoms with Crippen molar-refractivity contribution in [2.75, 3.05) is 13.2 Å². The average Bonchev–Trinajstić information content (AvgIpc) is 2.64. The van der Waals surface area contributed by atoms with Gasteiger partial charge in [0, 0.05) is 11.1 Å². The summed E-state index contributed by atoms with van der Waals surface area (Å²) >= 11 is 0. The summed E-state index contributed by atoms with van der Waals surface area (Å²) in [5, 5.41) is 9.56. The molecule has 0 unspecified atom stereocenters. The highest BCUT2D eigenvalue weighted by molar-refractivity contribution is 7.56. The molecule has 0 heterocycles. The molecular weight excluding hydrogens is 423 g/mol. The van der Waals surface area contributed by atoms with E-state index in [1.54, 1.807) is 39.8 Å². The monoisotopic (exact) mass is 464 g/mol. The summed E-state index contributed by atoms with van der Waals surface area (Å²) in [4.78, 5) is 12.8. The minimum Gasteiger partial charge on any atom is -0.507 e. The number of carbonyl (C=O) groups is 1. The molecule has 1 N–H and O–H groups in total. The van der Waals surface area contributed by atoms with Crippen LogP contribution in [0, 0.1) is 0 Å². The van der Waals surface area contributed by atoms with E-state index in [0.29, 0.717) is 5.75 Å². The SMILES string of the molecule is CCOP(=O)(OCC)C(C)(C)C(=O)C=CC=Cc1cc(C(C)(C)C)c(O)c(C(C)(C)C)c1. The first-order chi connectivity index (χ1) is 14.5. The number of phenols is 1. The summed E-state index contributed by atoms with van der Waals surface area (Å²) in [6.07, 6.45) is 6.69. The lowest BCUT2D eigenvalue weighted by Crippen LogP contribution is -2.32. The Morgan fingerprint density at radius 1 is 0.906 bits per heavy atom. The van der Waals surface area contributed by atoms with Crippen LogP contribution in [0.15, 0.2) is 30.4 Å².